The molecular weight excluding hydrogens is 164 g/mol. The number of nitrogens with zero attached hydrogens (tertiary/aromatic N) is 3. The lowest BCUT2D eigenvalue weighted by Gasteiger charge is -1.99. The topological polar surface area (TPSA) is 56.7 Å². The Hall–Kier alpha value is -1.84. The number of aromatic nitrogens is 3. The third kappa shape index (κ3) is 1.51. The summed E-state index contributed by atoms with van der Waals surface area (Å²) >= 11 is 0. The van der Waals surface area contributed by atoms with Gasteiger partial charge in [-0.1, -0.05) is 17.3 Å². The molecule has 2 N–H and O–H groups in total. The number of anilines is 1. The average Bonchev–Trinajstić information content (AvgIpc) is 2.52. The standard InChI is InChI=1S/C9H10N4/c1-7-3-2-4-8(5-7)13-6-9(10)11-12-13/h2-6H,10H2,1H3. The van der Waals surface area contributed by atoms with Crippen LogP contribution in [0.1, 0.15) is 5.56 Å². The zero-order valence-corrected chi connectivity index (χ0v) is 7.31. The van der Waals surface area contributed by atoms with Crippen molar-refractivity contribution in [2.75, 3.05) is 5.73 Å². The SMILES string of the molecule is Cc1cccc(-n2cc(N)nn2)c1. The maximum Gasteiger partial charge on any atom is 0.166 e. The number of nitrogens with two attached hydrogens (primary N) is 1. The Labute approximate surface area is 76.0 Å². The van der Waals surface area contributed by atoms with Crippen LogP contribution in [0.3, 0.4) is 0 Å². The van der Waals surface area contributed by atoms with Crippen LogP contribution >= 0.6 is 0 Å². The van der Waals surface area contributed by atoms with Crippen LogP contribution in [0.25, 0.3) is 5.69 Å². The Bertz CT molecular complexity index is 419. The van der Waals surface area contributed by atoms with E-state index in [1.54, 1.807) is 10.9 Å². The molecule has 1 aromatic carbocycles. The molecule has 4 heteroatoms. The normalized spacial score (nSPS) is 10.2. The van der Waals surface area contributed by atoms with Crippen LogP contribution in [0.5, 0.6) is 0 Å². The van der Waals surface area contributed by atoms with Crippen LogP contribution in [0.15, 0.2) is 30.5 Å². The summed E-state index contributed by atoms with van der Waals surface area (Å²) in [6.07, 6.45) is 1.69. The van der Waals surface area contributed by atoms with E-state index in [1.807, 2.05) is 31.2 Å². The van der Waals surface area contributed by atoms with Crippen molar-refractivity contribution in [3.63, 3.8) is 0 Å². The Morgan fingerprint density at radius 2 is 2.23 bits per heavy atom. The minimum absolute atomic E-state index is 0.432. The van der Waals surface area contributed by atoms with Crippen LogP contribution < -0.4 is 5.73 Å². The molecule has 0 aliphatic rings. The van der Waals surface area contributed by atoms with E-state index < -0.39 is 0 Å². The molecule has 4 nitrogen and oxygen atoms in total. The summed E-state index contributed by atoms with van der Waals surface area (Å²) in [5.74, 6) is 0.432. The summed E-state index contributed by atoms with van der Waals surface area (Å²) in [6.45, 7) is 2.03. The highest BCUT2D eigenvalue weighted by Gasteiger charge is 1.98. The van der Waals surface area contributed by atoms with Crippen LogP contribution in [-0.4, -0.2) is 15.0 Å². The Morgan fingerprint density at radius 1 is 1.38 bits per heavy atom. The molecule has 0 aliphatic carbocycles. The van der Waals surface area contributed by atoms with Crippen molar-refractivity contribution < 1.29 is 0 Å². The van der Waals surface area contributed by atoms with Gasteiger partial charge in [-0.05, 0) is 24.6 Å². The number of aryl methyl sites for hydroxylation is 1. The molecule has 1 heterocycles. The second kappa shape index (κ2) is 2.90. The molecule has 66 valence electrons. The fourth-order valence-electron chi connectivity index (χ4n) is 1.17. The molecular formula is C9H10N4. The molecule has 0 unspecified atom stereocenters. The Kier molecular flexibility index (Phi) is 1.73. The van der Waals surface area contributed by atoms with Crippen LogP contribution in [0.2, 0.25) is 0 Å². The van der Waals surface area contributed by atoms with Crippen molar-refractivity contribution in [2.45, 2.75) is 6.92 Å². The first-order valence-corrected chi connectivity index (χ1v) is 4.00. The highest BCUT2D eigenvalue weighted by atomic mass is 15.4. The molecule has 0 saturated heterocycles. The molecule has 0 bridgehead atoms. The van der Waals surface area contributed by atoms with Gasteiger partial charge in [0.05, 0.1) is 11.9 Å². The van der Waals surface area contributed by atoms with Gasteiger partial charge in [-0.2, -0.15) is 0 Å². The van der Waals surface area contributed by atoms with E-state index >= 15 is 0 Å². The molecule has 0 aliphatic heterocycles. The van der Waals surface area contributed by atoms with Crippen LogP contribution in [-0.2, 0) is 0 Å². The summed E-state index contributed by atoms with van der Waals surface area (Å²) in [7, 11) is 0. The van der Waals surface area contributed by atoms with Crippen molar-refractivity contribution in [1.82, 2.24) is 15.0 Å². The number of rotatable bonds is 1. The van der Waals surface area contributed by atoms with Gasteiger partial charge in [-0.3, -0.25) is 0 Å². The second-order valence-electron chi connectivity index (χ2n) is 2.93. The van der Waals surface area contributed by atoms with E-state index in [0.29, 0.717) is 5.82 Å². The third-order valence-corrected chi connectivity index (χ3v) is 1.78. The maximum absolute atomic E-state index is 5.46. The molecule has 0 atom stereocenters. The summed E-state index contributed by atoms with van der Waals surface area (Å²) in [5, 5.41) is 7.58. The molecule has 0 saturated carbocycles. The molecule has 2 aromatic rings. The minimum Gasteiger partial charge on any atom is -0.381 e. The van der Waals surface area contributed by atoms with E-state index in [4.69, 9.17) is 5.73 Å². The summed E-state index contributed by atoms with van der Waals surface area (Å²) < 4.78 is 1.66. The van der Waals surface area contributed by atoms with E-state index in [2.05, 4.69) is 10.3 Å². The molecule has 2 rings (SSSR count). The first-order chi connectivity index (χ1) is 6.25. The molecule has 0 fully saturated rings. The van der Waals surface area contributed by atoms with E-state index in [-0.39, 0.29) is 0 Å². The highest BCUT2D eigenvalue weighted by molar-refractivity contribution is 5.36. The quantitative estimate of drug-likeness (QED) is 0.705. The van der Waals surface area contributed by atoms with Gasteiger partial charge in [0.15, 0.2) is 5.82 Å². The van der Waals surface area contributed by atoms with E-state index in [1.165, 1.54) is 5.56 Å². The van der Waals surface area contributed by atoms with Gasteiger partial charge in [-0.25, -0.2) is 4.68 Å². The van der Waals surface area contributed by atoms with Crippen molar-refractivity contribution in [3.05, 3.63) is 36.0 Å². The van der Waals surface area contributed by atoms with Gasteiger partial charge in [0.2, 0.25) is 0 Å². The zero-order chi connectivity index (χ0) is 9.26. The molecule has 13 heavy (non-hydrogen) atoms. The summed E-state index contributed by atoms with van der Waals surface area (Å²) in [6, 6.07) is 7.99. The van der Waals surface area contributed by atoms with Gasteiger partial charge in [0.1, 0.15) is 0 Å². The van der Waals surface area contributed by atoms with E-state index in [0.717, 1.165) is 5.69 Å². The van der Waals surface area contributed by atoms with Gasteiger partial charge < -0.3 is 5.73 Å². The smallest absolute Gasteiger partial charge is 0.166 e. The van der Waals surface area contributed by atoms with Crippen molar-refractivity contribution in [3.8, 4) is 5.69 Å². The van der Waals surface area contributed by atoms with Crippen LogP contribution in [0.4, 0.5) is 5.82 Å². The monoisotopic (exact) mass is 174 g/mol. The molecule has 0 amide bonds. The fourth-order valence-corrected chi connectivity index (χ4v) is 1.17. The number of hydrogen-bond acceptors (Lipinski definition) is 3. The first kappa shape index (κ1) is 7.79. The second-order valence-corrected chi connectivity index (χ2v) is 2.93. The van der Waals surface area contributed by atoms with Gasteiger partial charge in [0, 0.05) is 0 Å². The van der Waals surface area contributed by atoms with Gasteiger partial charge >= 0.3 is 0 Å². The van der Waals surface area contributed by atoms with Gasteiger partial charge in [-0.15, -0.1) is 5.10 Å². The number of benzene rings is 1. The Morgan fingerprint density at radius 3 is 2.85 bits per heavy atom. The summed E-state index contributed by atoms with van der Waals surface area (Å²) in [5.41, 5.74) is 7.62. The van der Waals surface area contributed by atoms with Crippen molar-refractivity contribution in [1.29, 1.82) is 0 Å². The zero-order valence-electron chi connectivity index (χ0n) is 7.31. The fraction of sp³-hybridized carbons (Fsp3) is 0.111. The minimum atomic E-state index is 0.432. The molecule has 1 aromatic heterocycles. The molecule has 0 radical (unpaired) electrons. The predicted molar refractivity (Wildman–Crippen MR) is 50.5 cm³/mol. The number of nitrogen functional groups attached to an aromatic ring is 1. The van der Waals surface area contributed by atoms with Gasteiger partial charge in [0.25, 0.3) is 0 Å². The Balaban J connectivity index is 2.46. The van der Waals surface area contributed by atoms with Crippen LogP contribution in [0, 0.1) is 6.92 Å². The average molecular weight is 174 g/mol. The third-order valence-electron chi connectivity index (χ3n) is 1.78. The maximum atomic E-state index is 5.46. The van der Waals surface area contributed by atoms with E-state index in [9.17, 15) is 0 Å². The first-order valence-electron chi connectivity index (χ1n) is 4.00. The number of hydrogen-bond donors (Lipinski definition) is 1. The lowest BCUT2D eigenvalue weighted by atomic mass is 10.2. The predicted octanol–water partition coefficient (Wildman–Crippen LogP) is 1.16. The highest BCUT2D eigenvalue weighted by Crippen LogP contribution is 2.09. The van der Waals surface area contributed by atoms with Crippen molar-refractivity contribution >= 4 is 5.82 Å². The molecule has 0 spiro atoms. The summed E-state index contributed by atoms with van der Waals surface area (Å²) in [4.78, 5) is 0. The largest absolute Gasteiger partial charge is 0.381 e. The lowest BCUT2D eigenvalue weighted by Crippen LogP contribution is -1.94. The van der Waals surface area contributed by atoms with Crippen molar-refractivity contribution in [2.24, 2.45) is 0 Å². The lowest BCUT2D eigenvalue weighted by molar-refractivity contribution is 0.803.